The zero-order valence-corrected chi connectivity index (χ0v) is 14.0. The normalized spacial score (nSPS) is 21.0. The van der Waals surface area contributed by atoms with Crippen LogP contribution >= 0.6 is 0 Å². The number of allylic oxidation sites excluding steroid dienone is 4. The molecule has 0 saturated heterocycles. The van der Waals surface area contributed by atoms with Gasteiger partial charge in [-0.2, -0.15) is 0 Å². The molecule has 3 heteroatoms. The van der Waals surface area contributed by atoms with Gasteiger partial charge in [-0.05, 0) is 50.5 Å². The fourth-order valence-corrected chi connectivity index (χ4v) is 3.61. The molecule has 1 unspecified atom stereocenters. The summed E-state index contributed by atoms with van der Waals surface area (Å²) in [6.07, 6.45) is 3.44. The molecule has 1 aromatic carbocycles. The Hall–Kier alpha value is -1.90. The summed E-state index contributed by atoms with van der Waals surface area (Å²) < 4.78 is 11.4. The number of benzene rings is 1. The van der Waals surface area contributed by atoms with E-state index in [1.165, 1.54) is 22.5 Å². The van der Waals surface area contributed by atoms with Crippen molar-refractivity contribution in [1.29, 1.82) is 0 Å². The van der Waals surface area contributed by atoms with E-state index in [2.05, 4.69) is 50.8 Å². The highest BCUT2D eigenvalue weighted by molar-refractivity contribution is 5.49. The maximum Gasteiger partial charge on any atom is 0.161 e. The molecule has 3 rings (SSSR count). The summed E-state index contributed by atoms with van der Waals surface area (Å²) in [5, 5.41) is 0. The van der Waals surface area contributed by atoms with E-state index >= 15 is 0 Å². The highest BCUT2D eigenvalue weighted by Gasteiger charge is 2.25. The molecular formula is C19H25NO2. The van der Waals surface area contributed by atoms with Crippen molar-refractivity contribution in [3.63, 3.8) is 0 Å². The molecule has 3 nitrogen and oxygen atoms in total. The van der Waals surface area contributed by atoms with Crippen molar-refractivity contribution in [3.05, 3.63) is 46.8 Å². The number of hydrogen-bond acceptors (Lipinski definition) is 3. The first-order valence-corrected chi connectivity index (χ1v) is 8.20. The smallest absolute Gasteiger partial charge is 0.161 e. The molecule has 0 bridgehead atoms. The van der Waals surface area contributed by atoms with E-state index in [1.807, 2.05) is 6.07 Å². The summed E-state index contributed by atoms with van der Waals surface area (Å²) in [4.78, 5) is 2.40. The summed E-state index contributed by atoms with van der Waals surface area (Å²) >= 11 is 0. The molecule has 0 saturated carbocycles. The fourth-order valence-electron chi connectivity index (χ4n) is 3.61. The zero-order valence-electron chi connectivity index (χ0n) is 14.0. The van der Waals surface area contributed by atoms with Crippen LogP contribution in [0.3, 0.4) is 0 Å². The third kappa shape index (κ3) is 2.49. The molecule has 1 aromatic rings. The molecular weight excluding hydrogens is 274 g/mol. The Kier molecular flexibility index (Phi) is 4.14. The predicted molar refractivity (Wildman–Crippen MR) is 89.3 cm³/mol. The van der Waals surface area contributed by atoms with Gasteiger partial charge in [0.15, 0.2) is 11.5 Å². The molecule has 0 fully saturated rings. The lowest BCUT2D eigenvalue weighted by Crippen LogP contribution is -2.26. The average molecular weight is 299 g/mol. The number of ether oxygens (including phenoxy) is 2. The topological polar surface area (TPSA) is 21.7 Å². The Morgan fingerprint density at radius 2 is 1.82 bits per heavy atom. The zero-order chi connectivity index (χ0) is 15.7. The molecule has 1 atom stereocenters. The Balaban J connectivity index is 2.01. The van der Waals surface area contributed by atoms with E-state index < -0.39 is 0 Å². The molecule has 0 amide bonds. The highest BCUT2D eigenvalue weighted by Crippen LogP contribution is 2.41. The molecule has 0 spiro atoms. The lowest BCUT2D eigenvalue weighted by molar-refractivity contribution is 0.171. The maximum absolute atomic E-state index is 5.75. The minimum absolute atomic E-state index is 0.337. The molecule has 2 aliphatic rings. The molecule has 0 N–H and O–H groups in total. The van der Waals surface area contributed by atoms with Crippen LogP contribution in [0.1, 0.15) is 45.6 Å². The van der Waals surface area contributed by atoms with Crippen LogP contribution in [0.5, 0.6) is 11.5 Å². The lowest BCUT2D eigenvalue weighted by Gasteiger charge is -2.35. The van der Waals surface area contributed by atoms with Gasteiger partial charge in [0, 0.05) is 23.9 Å². The van der Waals surface area contributed by atoms with Crippen LogP contribution in [0.4, 0.5) is 0 Å². The first kappa shape index (κ1) is 15.0. The van der Waals surface area contributed by atoms with Gasteiger partial charge >= 0.3 is 0 Å². The second kappa shape index (κ2) is 6.07. The Bertz CT molecular complexity index is 630. The molecule has 0 aliphatic carbocycles. The summed E-state index contributed by atoms with van der Waals surface area (Å²) in [5.74, 6) is 2.07. The van der Waals surface area contributed by atoms with Crippen molar-refractivity contribution in [1.82, 2.24) is 4.90 Å². The molecule has 0 radical (unpaired) electrons. The molecule has 2 heterocycles. The predicted octanol–water partition coefficient (Wildman–Crippen LogP) is 4.46. The van der Waals surface area contributed by atoms with Crippen LogP contribution in [-0.4, -0.2) is 24.7 Å². The van der Waals surface area contributed by atoms with E-state index in [0.29, 0.717) is 19.1 Å². The van der Waals surface area contributed by atoms with Crippen molar-refractivity contribution in [2.24, 2.45) is 0 Å². The van der Waals surface area contributed by atoms with Crippen molar-refractivity contribution in [2.75, 3.05) is 19.8 Å². The molecule has 2 aliphatic heterocycles. The third-order valence-corrected chi connectivity index (χ3v) is 4.70. The van der Waals surface area contributed by atoms with Crippen molar-refractivity contribution >= 4 is 0 Å². The number of fused-ring (bicyclic) bond motifs is 1. The second-order valence-electron chi connectivity index (χ2n) is 5.90. The van der Waals surface area contributed by atoms with Crippen molar-refractivity contribution < 1.29 is 9.47 Å². The van der Waals surface area contributed by atoms with Crippen LogP contribution in [0.25, 0.3) is 0 Å². The standard InChI is InChI=1S/C19H25NO2/c1-5-16-14(4)20(6-2)13(3)11-17(16)15-7-8-18-19(12-15)22-10-9-21-18/h7-8,11-12,17H,5-6,9-10H2,1-4H3. The van der Waals surface area contributed by atoms with Crippen molar-refractivity contribution in [3.8, 4) is 11.5 Å². The summed E-state index contributed by atoms with van der Waals surface area (Å²) in [6, 6.07) is 6.36. The van der Waals surface area contributed by atoms with Crippen LogP contribution in [-0.2, 0) is 0 Å². The van der Waals surface area contributed by atoms with Crippen LogP contribution < -0.4 is 9.47 Å². The van der Waals surface area contributed by atoms with E-state index in [4.69, 9.17) is 9.47 Å². The van der Waals surface area contributed by atoms with E-state index in [0.717, 1.165) is 24.5 Å². The lowest BCUT2D eigenvalue weighted by atomic mass is 9.84. The summed E-state index contributed by atoms with van der Waals surface area (Å²) in [6.45, 7) is 11.2. The van der Waals surface area contributed by atoms with Gasteiger partial charge in [-0.15, -0.1) is 0 Å². The highest BCUT2D eigenvalue weighted by atomic mass is 16.6. The van der Waals surface area contributed by atoms with Crippen molar-refractivity contribution in [2.45, 2.75) is 40.0 Å². The van der Waals surface area contributed by atoms with Crippen LogP contribution in [0.15, 0.2) is 41.2 Å². The minimum atomic E-state index is 0.337. The molecule has 118 valence electrons. The maximum atomic E-state index is 5.75. The summed E-state index contributed by atoms with van der Waals surface area (Å²) in [7, 11) is 0. The number of rotatable bonds is 3. The third-order valence-electron chi connectivity index (χ3n) is 4.70. The van der Waals surface area contributed by atoms with Gasteiger partial charge in [0.1, 0.15) is 13.2 Å². The van der Waals surface area contributed by atoms with Crippen LogP contribution in [0.2, 0.25) is 0 Å². The average Bonchev–Trinajstić information content (AvgIpc) is 2.54. The van der Waals surface area contributed by atoms with Gasteiger partial charge in [-0.25, -0.2) is 0 Å². The Morgan fingerprint density at radius 3 is 2.50 bits per heavy atom. The van der Waals surface area contributed by atoms with Gasteiger partial charge < -0.3 is 14.4 Å². The van der Waals surface area contributed by atoms with E-state index in [-0.39, 0.29) is 0 Å². The molecule has 22 heavy (non-hydrogen) atoms. The van der Waals surface area contributed by atoms with E-state index in [1.54, 1.807) is 0 Å². The van der Waals surface area contributed by atoms with Gasteiger partial charge in [-0.1, -0.05) is 19.1 Å². The Morgan fingerprint density at radius 1 is 1.09 bits per heavy atom. The number of nitrogens with zero attached hydrogens (tertiary/aromatic N) is 1. The van der Waals surface area contributed by atoms with Gasteiger partial charge in [0.05, 0.1) is 0 Å². The number of hydrogen-bond donors (Lipinski definition) is 0. The van der Waals surface area contributed by atoms with Gasteiger partial charge in [-0.3, -0.25) is 0 Å². The van der Waals surface area contributed by atoms with Gasteiger partial charge in [0.25, 0.3) is 0 Å². The van der Waals surface area contributed by atoms with E-state index in [9.17, 15) is 0 Å². The monoisotopic (exact) mass is 299 g/mol. The minimum Gasteiger partial charge on any atom is -0.486 e. The summed E-state index contributed by atoms with van der Waals surface area (Å²) in [5.41, 5.74) is 5.50. The fraction of sp³-hybridized carbons (Fsp3) is 0.474. The SMILES string of the molecule is CCC1=C(C)N(CC)C(C)=CC1c1ccc2c(c1)OCCO2. The van der Waals surface area contributed by atoms with Crippen LogP contribution in [0, 0.1) is 0 Å². The molecule has 0 aromatic heterocycles. The van der Waals surface area contributed by atoms with Gasteiger partial charge in [0.2, 0.25) is 0 Å². The quantitative estimate of drug-likeness (QED) is 0.822. The Labute approximate surface area is 133 Å². The first-order chi connectivity index (χ1) is 10.7. The first-order valence-electron chi connectivity index (χ1n) is 8.20. The largest absolute Gasteiger partial charge is 0.486 e. The second-order valence-corrected chi connectivity index (χ2v) is 5.90.